The molecule has 1 N–H and O–H groups in total. The Hall–Kier alpha value is -7.10. The number of rotatable bonds is 5. The minimum Gasteiger partial charge on any atom is -0.453 e. The van der Waals surface area contributed by atoms with Gasteiger partial charge in [0.05, 0.1) is 34.4 Å². The van der Waals surface area contributed by atoms with Crippen LogP contribution in [0.4, 0.5) is 34.1 Å². The van der Waals surface area contributed by atoms with Crippen molar-refractivity contribution in [3.8, 4) is 51.3 Å². The molecule has 2 aliphatic rings. The smallest absolute Gasteiger partial charge is 0.151 e. The van der Waals surface area contributed by atoms with E-state index in [-0.39, 0.29) is 0 Å². The lowest BCUT2D eigenvalue weighted by molar-refractivity contribution is 0.477. The summed E-state index contributed by atoms with van der Waals surface area (Å²) < 4.78 is 12.5. The average Bonchev–Trinajstić information content (AvgIpc) is 3.18. The number of anilines is 6. The molecular formula is C44H28N4O2. The number of nitriles is 1. The van der Waals surface area contributed by atoms with Crippen LogP contribution in [-0.4, -0.2) is 6.21 Å². The van der Waals surface area contributed by atoms with Gasteiger partial charge in [-0.2, -0.15) is 5.26 Å². The van der Waals surface area contributed by atoms with Gasteiger partial charge in [-0.15, -0.1) is 0 Å². The number of nitrogens with zero attached hydrogens (tertiary/aromatic N) is 3. The Morgan fingerprint density at radius 1 is 0.480 bits per heavy atom. The zero-order valence-corrected chi connectivity index (χ0v) is 26.7. The summed E-state index contributed by atoms with van der Waals surface area (Å²) in [4.78, 5) is 4.37. The fraction of sp³-hybridized carbons (Fsp3) is 0. The number of para-hydroxylation sites is 8. The highest BCUT2D eigenvalue weighted by atomic mass is 16.5. The lowest BCUT2D eigenvalue weighted by atomic mass is 9.91. The molecular weight excluding hydrogens is 617 g/mol. The number of hydrogen-bond acceptors (Lipinski definition) is 6. The molecule has 0 saturated carbocycles. The molecule has 0 fully saturated rings. The lowest BCUT2D eigenvalue weighted by Crippen LogP contribution is -2.15. The van der Waals surface area contributed by atoms with Crippen molar-refractivity contribution in [1.82, 2.24) is 0 Å². The standard InChI is InChI=1S/C44H28N4O2/c45-27-31-26-36(30-12-10-14-34(24-30)48-39-17-3-7-21-43(39)50-44-22-8-4-18-40(44)48)32(28-46)25-35(31)29-11-9-13-33(23-29)47-37-15-1-5-19-41(37)49-42-20-6-2-16-38(42)47/h1-27,45H. The molecule has 9 rings (SSSR count). The van der Waals surface area contributed by atoms with E-state index >= 15 is 0 Å². The van der Waals surface area contributed by atoms with Crippen molar-refractivity contribution in [2.45, 2.75) is 0 Å². The van der Waals surface area contributed by atoms with Gasteiger partial charge in [-0.25, -0.2) is 0 Å². The van der Waals surface area contributed by atoms with Crippen LogP contribution in [0.2, 0.25) is 0 Å². The second-order valence-electron chi connectivity index (χ2n) is 12.1. The van der Waals surface area contributed by atoms with Crippen molar-refractivity contribution < 1.29 is 9.47 Å². The Morgan fingerprint density at radius 2 is 0.900 bits per heavy atom. The number of ether oxygens (including phenoxy) is 2. The summed E-state index contributed by atoms with van der Waals surface area (Å²) in [5.41, 5.74) is 10.2. The van der Waals surface area contributed by atoms with Crippen LogP contribution in [0.15, 0.2) is 158 Å². The van der Waals surface area contributed by atoms with Crippen LogP contribution in [0, 0.1) is 16.7 Å². The van der Waals surface area contributed by atoms with E-state index in [1.807, 2.05) is 133 Å². The summed E-state index contributed by atoms with van der Waals surface area (Å²) in [6.07, 6.45) is 1.37. The van der Waals surface area contributed by atoms with Crippen LogP contribution >= 0.6 is 0 Å². The third-order valence-corrected chi connectivity index (χ3v) is 9.16. The minimum atomic E-state index is 0.526. The average molecular weight is 645 g/mol. The quantitative estimate of drug-likeness (QED) is 0.189. The van der Waals surface area contributed by atoms with E-state index in [1.165, 1.54) is 6.21 Å². The first kappa shape index (κ1) is 29.1. The van der Waals surface area contributed by atoms with E-state index in [0.29, 0.717) is 11.1 Å². The summed E-state index contributed by atoms with van der Waals surface area (Å²) in [7, 11) is 0. The van der Waals surface area contributed by atoms with Crippen LogP contribution in [0.1, 0.15) is 11.1 Å². The van der Waals surface area contributed by atoms with Crippen LogP contribution in [-0.2, 0) is 0 Å². The SMILES string of the molecule is N#Cc1cc(-c2cccc(N3c4ccccc4Oc4ccccc43)c2)c(C=N)cc1-c1cccc(N2c3ccccc3Oc3ccccc32)c1. The van der Waals surface area contributed by atoms with Gasteiger partial charge in [0.15, 0.2) is 23.0 Å². The fourth-order valence-corrected chi connectivity index (χ4v) is 6.91. The minimum absolute atomic E-state index is 0.526. The molecule has 2 heterocycles. The van der Waals surface area contributed by atoms with Crippen molar-refractivity contribution >= 4 is 40.3 Å². The van der Waals surface area contributed by atoms with Crippen molar-refractivity contribution in [2.24, 2.45) is 0 Å². The summed E-state index contributed by atoms with van der Waals surface area (Å²) in [5.74, 6) is 3.10. The van der Waals surface area contributed by atoms with E-state index < -0.39 is 0 Å². The maximum absolute atomic E-state index is 10.5. The molecule has 0 atom stereocenters. The first-order chi connectivity index (χ1) is 24.7. The van der Waals surface area contributed by atoms with Gasteiger partial charge in [0.1, 0.15) is 0 Å². The van der Waals surface area contributed by atoms with Crippen molar-refractivity contribution in [1.29, 1.82) is 10.7 Å². The van der Waals surface area contributed by atoms with E-state index in [4.69, 9.17) is 14.9 Å². The van der Waals surface area contributed by atoms with E-state index in [1.54, 1.807) is 0 Å². The molecule has 0 bridgehead atoms. The molecule has 0 unspecified atom stereocenters. The maximum atomic E-state index is 10.5. The lowest BCUT2D eigenvalue weighted by Gasteiger charge is -2.33. The normalized spacial score (nSPS) is 12.3. The molecule has 0 radical (unpaired) electrons. The Kier molecular flexibility index (Phi) is 6.89. The molecule has 0 aliphatic carbocycles. The summed E-state index contributed by atoms with van der Waals surface area (Å²) in [6, 6.07) is 54.7. The summed E-state index contributed by atoms with van der Waals surface area (Å²) in [5, 5.41) is 19.0. The Labute approximate surface area is 289 Å². The van der Waals surface area contributed by atoms with Crippen LogP contribution in [0.3, 0.4) is 0 Å². The van der Waals surface area contributed by atoms with E-state index in [9.17, 15) is 5.26 Å². The van der Waals surface area contributed by atoms with Gasteiger partial charge in [0.25, 0.3) is 0 Å². The van der Waals surface area contributed by atoms with Gasteiger partial charge in [0.2, 0.25) is 0 Å². The first-order valence-electron chi connectivity index (χ1n) is 16.3. The fourth-order valence-electron chi connectivity index (χ4n) is 6.91. The highest BCUT2D eigenvalue weighted by Crippen LogP contribution is 2.52. The molecule has 7 aromatic rings. The predicted molar refractivity (Wildman–Crippen MR) is 199 cm³/mol. The zero-order chi connectivity index (χ0) is 33.6. The van der Waals surface area contributed by atoms with Gasteiger partial charge in [-0.05, 0) is 102 Å². The predicted octanol–water partition coefficient (Wildman–Crippen LogP) is 12.0. The van der Waals surface area contributed by atoms with Gasteiger partial charge < -0.3 is 24.7 Å². The Balaban J connectivity index is 1.14. The van der Waals surface area contributed by atoms with Crippen molar-refractivity contribution in [2.75, 3.05) is 9.80 Å². The molecule has 50 heavy (non-hydrogen) atoms. The molecule has 0 amide bonds. The first-order valence-corrected chi connectivity index (χ1v) is 16.3. The monoisotopic (exact) mass is 644 g/mol. The topological polar surface area (TPSA) is 72.6 Å². The van der Waals surface area contributed by atoms with Crippen LogP contribution in [0.25, 0.3) is 22.3 Å². The molecule has 2 aliphatic heterocycles. The zero-order valence-electron chi connectivity index (χ0n) is 26.7. The second kappa shape index (κ2) is 11.9. The van der Waals surface area contributed by atoms with Crippen molar-refractivity contribution in [3.05, 3.63) is 169 Å². The molecule has 0 spiro atoms. The third kappa shape index (κ3) is 4.76. The second-order valence-corrected chi connectivity index (χ2v) is 12.1. The molecule has 236 valence electrons. The molecule has 6 heteroatoms. The third-order valence-electron chi connectivity index (χ3n) is 9.16. The van der Waals surface area contributed by atoms with Crippen LogP contribution < -0.4 is 19.3 Å². The molecule has 7 aromatic carbocycles. The number of fused-ring (bicyclic) bond motifs is 4. The van der Waals surface area contributed by atoms with Gasteiger partial charge in [-0.1, -0.05) is 72.8 Å². The number of benzene rings is 7. The van der Waals surface area contributed by atoms with Gasteiger partial charge in [0, 0.05) is 28.7 Å². The van der Waals surface area contributed by atoms with Crippen molar-refractivity contribution in [3.63, 3.8) is 0 Å². The number of hydrogen-bond donors (Lipinski definition) is 1. The van der Waals surface area contributed by atoms with E-state index in [0.717, 1.165) is 79.4 Å². The van der Waals surface area contributed by atoms with Gasteiger partial charge in [-0.3, -0.25) is 0 Å². The largest absolute Gasteiger partial charge is 0.453 e. The molecule has 6 nitrogen and oxygen atoms in total. The maximum Gasteiger partial charge on any atom is 0.151 e. The summed E-state index contributed by atoms with van der Waals surface area (Å²) in [6.45, 7) is 0. The Morgan fingerprint density at radius 3 is 1.32 bits per heavy atom. The highest BCUT2D eigenvalue weighted by molar-refractivity contribution is 5.95. The summed E-state index contributed by atoms with van der Waals surface area (Å²) >= 11 is 0. The van der Waals surface area contributed by atoms with Crippen LogP contribution in [0.5, 0.6) is 23.0 Å². The molecule has 0 saturated heterocycles. The number of nitrogens with one attached hydrogen (secondary N) is 1. The Bertz CT molecular complexity index is 2430. The van der Waals surface area contributed by atoms with E-state index in [2.05, 4.69) is 40.1 Å². The highest BCUT2D eigenvalue weighted by Gasteiger charge is 2.27. The van der Waals surface area contributed by atoms with Gasteiger partial charge >= 0.3 is 0 Å². The molecule has 0 aromatic heterocycles.